The first-order valence-electron chi connectivity index (χ1n) is 10.7. The Kier molecular flexibility index (Phi) is 6.33. The molecule has 2 heterocycles. The summed E-state index contributed by atoms with van der Waals surface area (Å²) in [4.78, 5) is 40.2. The molecule has 4 rings (SSSR count). The first-order valence-corrected chi connectivity index (χ1v) is 11.1. The van der Waals surface area contributed by atoms with Gasteiger partial charge in [-0.3, -0.25) is 19.7 Å². The van der Waals surface area contributed by atoms with Crippen molar-refractivity contribution >= 4 is 46.2 Å². The van der Waals surface area contributed by atoms with Gasteiger partial charge in [0.1, 0.15) is 11.4 Å². The highest BCUT2D eigenvalue weighted by Gasteiger charge is 2.31. The second-order valence-electron chi connectivity index (χ2n) is 8.21. The Bertz CT molecular complexity index is 1160. The minimum atomic E-state index is -0.450. The molecule has 0 aromatic heterocycles. The molecular formula is C23H24ClN5O4. The van der Waals surface area contributed by atoms with Crippen LogP contribution in [0.4, 0.5) is 17.1 Å². The Hall–Kier alpha value is -3.46. The monoisotopic (exact) mass is 469 g/mol. The normalized spacial score (nSPS) is 16.6. The molecule has 0 N–H and O–H groups in total. The summed E-state index contributed by atoms with van der Waals surface area (Å²) in [6.45, 7) is 5.53. The third-order valence-corrected chi connectivity index (χ3v) is 6.15. The first-order chi connectivity index (χ1) is 15.7. The van der Waals surface area contributed by atoms with E-state index in [1.165, 1.54) is 11.1 Å². The quantitative estimate of drug-likeness (QED) is 0.502. The number of hydrazone groups is 1. The van der Waals surface area contributed by atoms with E-state index in [1.807, 2.05) is 36.9 Å². The van der Waals surface area contributed by atoms with Crippen LogP contribution in [0.1, 0.15) is 24.0 Å². The third kappa shape index (κ3) is 4.68. The number of amides is 2. The van der Waals surface area contributed by atoms with Gasteiger partial charge in [-0.05, 0) is 43.2 Å². The van der Waals surface area contributed by atoms with Crippen LogP contribution >= 0.6 is 11.6 Å². The maximum atomic E-state index is 13.2. The topological polar surface area (TPSA) is 99.4 Å². The number of carbonyl (C=O) groups excluding carboxylic acids is 2. The molecule has 2 aliphatic heterocycles. The zero-order valence-electron chi connectivity index (χ0n) is 18.5. The average molecular weight is 470 g/mol. The predicted molar refractivity (Wildman–Crippen MR) is 127 cm³/mol. The molecule has 9 nitrogen and oxygen atoms in total. The van der Waals surface area contributed by atoms with Crippen LogP contribution < -0.4 is 9.91 Å². The van der Waals surface area contributed by atoms with Gasteiger partial charge in [0.05, 0.1) is 10.6 Å². The van der Waals surface area contributed by atoms with Crippen molar-refractivity contribution in [1.29, 1.82) is 0 Å². The van der Waals surface area contributed by atoms with Crippen LogP contribution in [-0.2, 0) is 9.59 Å². The molecule has 0 bridgehead atoms. The maximum absolute atomic E-state index is 13.2. The van der Waals surface area contributed by atoms with Gasteiger partial charge in [0.2, 0.25) is 5.91 Å². The molecule has 0 radical (unpaired) electrons. The number of benzene rings is 2. The first kappa shape index (κ1) is 22.7. The Balaban J connectivity index is 1.49. The number of carbonyl (C=O) groups is 2. The third-order valence-electron chi connectivity index (χ3n) is 5.91. The van der Waals surface area contributed by atoms with Gasteiger partial charge >= 0.3 is 0 Å². The molecule has 0 spiro atoms. The number of piperazine rings is 1. The predicted octanol–water partition coefficient (Wildman–Crippen LogP) is 3.70. The van der Waals surface area contributed by atoms with E-state index in [-0.39, 0.29) is 23.9 Å². The highest BCUT2D eigenvalue weighted by atomic mass is 35.5. The fourth-order valence-corrected chi connectivity index (χ4v) is 4.25. The molecule has 33 heavy (non-hydrogen) atoms. The fraction of sp³-hybridized carbons (Fsp3) is 0.348. The standard InChI is InChI=1S/C23H24ClN5O4/c1-15-3-4-16(2)20(13-15)28-22(30)8-6-18(25-28)23(31)27-11-9-26(10-12-27)19-7-5-17(24)14-21(19)29(32)33/h3-5,7,13-14H,6,8-12H2,1-2H3. The molecule has 0 atom stereocenters. The molecule has 2 amide bonds. The fourth-order valence-electron chi connectivity index (χ4n) is 4.09. The lowest BCUT2D eigenvalue weighted by Crippen LogP contribution is -2.51. The second-order valence-corrected chi connectivity index (χ2v) is 8.65. The molecule has 10 heteroatoms. The lowest BCUT2D eigenvalue weighted by atomic mass is 10.1. The van der Waals surface area contributed by atoms with Crippen molar-refractivity contribution in [3.05, 3.63) is 62.7 Å². The molecular weight excluding hydrogens is 446 g/mol. The molecule has 2 aromatic rings. The smallest absolute Gasteiger partial charge is 0.294 e. The van der Waals surface area contributed by atoms with E-state index in [9.17, 15) is 19.7 Å². The van der Waals surface area contributed by atoms with E-state index in [0.717, 1.165) is 11.1 Å². The zero-order valence-corrected chi connectivity index (χ0v) is 19.2. The van der Waals surface area contributed by atoms with E-state index in [0.29, 0.717) is 54.7 Å². The van der Waals surface area contributed by atoms with Crippen molar-refractivity contribution < 1.29 is 14.5 Å². The lowest BCUT2D eigenvalue weighted by Gasteiger charge is -2.36. The molecule has 2 aliphatic rings. The minimum Gasteiger partial charge on any atom is -0.362 e. The van der Waals surface area contributed by atoms with Gasteiger partial charge in [-0.15, -0.1) is 0 Å². The number of nitro groups is 1. The van der Waals surface area contributed by atoms with Crippen LogP contribution in [0.5, 0.6) is 0 Å². The van der Waals surface area contributed by atoms with Crippen LogP contribution in [0.15, 0.2) is 41.5 Å². The lowest BCUT2D eigenvalue weighted by molar-refractivity contribution is -0.384. The van der Waals surface area contributed by atoms with Gasteiger partial charge in [0.25, 0.3) is 11.6 Å². The van der Waals surface area contributed by atoms with E-state index in [4.69, 9.17) is 11.6 Å². The van der Waals surface area contributed by atoms with Gasteiger partial charge in [0.15, 0.2) is 0 Å². The van der Waals surface area contributed by atoms with E-state index in [2.05, 4.69) is 5.10 Å². The molecule has 2 aromatic carbocycles. The Morgan fingerprint density at radius 2 is 1.76 bits per heavy atom. The number of hydrogen-bond donors (Lipinski definition) is 0. The zero-order chi connectivity index (χ0) is 23.7. The molecule has 1 saturated heterocycles. The summed E-state index contributed by atoms with van der Waals surface area (Å²) in [7, 11) is 0. The van der Waals surface area contributed by atoms with Crippen molar-refractivity contribution in [1.82, 2.24) is 4.90 Å². The summed E-state index contributed by atoms with van der Waals surface area (Å²) < 4.78 is 0. The highest BCUT2D eigenvalue weighted by Crippen LogP contribution is 2.32. The summed E-state index contributed by atoms with van der Waals surface area (Å²) >= 11 is 5.92. The van der Waals surface area contributed by atoms with Crippen LogP contribution in [-0.4, -0.2) is 53.5 Å². The van der Waals surface area contributed by atoms with Gasteiger partial charge in [-0.1, -0.05) is 23.7 Å². The molecule has 172 valence electrons. The SMILES string of the molecule is Cc1ccc(C)c(N2N=C(C(=O)N3CCN(c4ccc(Cl)cc4[N+](=O)[O-])CC3)CCC2=O)c1. The van der Waals surface area contributed by atoms with E-state index < -0.39 is 4.92 Å². The Morgan fingerprint density at radius 1 is 1.03 bits per heavy atom. The molecule has 1 fully saturated rings. The van der Waals surface area contributed by atoms with Crippen molar-refractivity contribution in [3.63, 3.8) is 0 Å². The molecule has 0 aliphatic carbocycles. The number of rotatable bonds is 4. The number of aryl methyl sites for hydroxylation is 2. The van der Waals surface area contributed by atoms with Gasteiger partial charge in [-0.25, -0.2) is 5.01 Å². The molecule has 0 unspecified atom stereocenters. The summed E-state index contributed by atoms with van der Waals surface area (Å²) in [6.07, 6.45) is 0.511. The minimum absolute atomic E-state index is 0.0541. The van der Waals surface area contributed by atoms with Gasteiger partial charge in [0, 0.05) is 50.1 Å². The van der Waals surface area contributed by atoms with Crippen molar-refractivity contribution in [3.8, 4) is 0 Å². The summed E-state index contributed by atoms with van der Waals surface area (Å²) in [6, 6.07) is 10.4. The number of nitro benzene ring substituents is 1. The number of hydrogen-bond acceptors (Lipinski definition) is 6. The van der Waals surface area contributed by atoms with Crippen molar-refractivity contribution in [2.75, 3.05) is 36.1 Å². The molecule has 0 saturated carbocycles. The van der Waals surface area contributed by atoms with Crippen LogP contribution in [0.2, 0.25) is 5.02 Å². The van der Waals surface area contributed by atoms with Crippen molar-refractivity contribution in [2.24, 2.45) is 5.10 Å². The van der Waals surface area contributed by atoms with Gasteiger partial charge in [-0.2, -0.15) is 5.10 Å². The average Bonchev–Trinajstić information content (AvgIpc) is 2.80. The number of halogens is 1. The van der Waals surface area contributed by atoms with Crippen LogP contribution in [0.3, 0.4) is 0 Å². The van der Waals surface area contributed by atoms with Crippen LogP contribution in [0, 0.1) is 24.0 Å². The number of nitrogens with zero attached hydrogens (tertiary/aromatic N) is 5. The maximum Gasteiger partial charge on any atom is 0.294 e. The van der Waals surface area contributed by atoms with E-state index in [1.54, 1.807) is 17.0 Å². The Labute approximate surface area is 196 Å². The largest absolute Gasteiger partial charge is 0.362 e. The van der Waals surface area contributed by atoms with Gasteiger partial charge < -0.3 is 9.80 Å². The Morgan fingerprint density at radius 3 is 2.45 bits per heavy atom. The summed E-state index contributed by atoms with van der Waals surface area (Å²) in [5, 5.41) is 17.5. The summed E-state index contributed by atoms with van der Waals surface area (Å²) in [5.74, 6) is -0.344. The second kappa shape index (κ2) is 9.19. The highest BCUT2D eigenvalue weighted by molar-refractivity contribution is 6.40. The number of anilines is 2. The van der Waals surface area contributed by atoms with E-state index >= 15 is 0 Å². The van der Waals surface area contributed by atoms with Crippen LogP contribution in [0.25, 0.3) is 0 Å². The van der Waals surface area contributed by atoms with Crippen molar-refractivity contribution in [2.45, 2.75) is 26.7 Å². The summed E-state index contributed by atoms with van der Waals surface area (Å²) in [5.41, 5.74) is 3.38.